The third kappa shape index (κ3) is 2.98. The van der Waals surface area contributed by atoms with Crippen molar-refractivity contribution >= 4 is 21.6 Å². The number of rotatable bonds is 2. The highest BCUT2D eigenvalue weighted by molar-refractivity contribution is 9.08. The van der Waals surface area contributed by atoms with Crippen molar-refractivity contribution in [1.82, 2.24) is 0 Å². The second kappa shape index (κ2) is 4.26. The zero-order valence-corrected chi connectivity index (χ0v) is 8.82. The molecule has 7 heteroatoms. The Balaban J connectivity index is 3.07. The Morgan fingerprint density at radius 1 is 1.33 bits per heavy atom. The fraction of sp³-hybridized carbons (Fsp3) is 0.250. The van der Waals surface area contributed by atoms with E-state index in [-0.39, 0.29) is 11.0 Å². The molecule has 0 heterocycles. The summed E-state index contributed by atoms with van der Waals surface area (Å²) < 4.78 is 52.0. The lowest BCUT2D eigenvalue weighted by Crippen LogP contribution is -2.18. The zero-order chi connectivity index (χ0) is 11.6. The van der Waals surface area contributed by atoms with E-state index in [1.807, 2.05) is 0 Å². The first-order valence-electron chi connectivity index (χ1n) is 3.73. The largest absolute Gasteiger partial charge is 0.573 e. The van der Waals surface area contributed by atoms with Crippen LogP contribution < -0.4 is 10.5 Å². The molecule has 0 aliphatic rings. The van der Waals surface area contributed by atoms with E-state index in [0.717, 1.165) is 6.07 Å². The quantitative estimate of drug-likeness (QED) is 0.515. The second-order valence-corrected chi connectivity index (χ2v) is 3.19. The predicted octanol–water partition coefficient (Wildman–Crippen LogP) is 3.20. The van der Waals surface area contributed by atoms with Gasteiger partial charge in [0.2, 0.25) is 0 Å². The van der Waals surface area contributed by atoms with Gasteiger partial charge in [-0.2, -0.15) is 0 Å². The van der Waals surface area contributed by atoms with Gasteiger partial charge in [0.25, 0.3) is 0 Å². The van der Waals surface area contributed by atoms with Crippen LogP contribution in [0.25, 0.3) is 0 Å². The second-order valence-electron chi connectivity index (χ2n) is 2.63. The van der Waals surface area contributed by atoms with Crippen molar-refractivity contribution in [1.29, 1.82) is 0 Å². The highest BCUT2D eigenvalue weighted by atomic mass is 79.9. The number of hydrogen-bond donors (Lipinski definition) is 1. The molecule has 84 valence electrons. The fourth-order valence-corrected chi connectivity index (χ4v) is 1.42. The van der Waals surface area contributed by atoms with Gasteiger partial charge in [-0.1, -0.05) is 22.0 Å². The maximum absolute atomic E-state index is 13.2. The molecule has 0 unspecified atom stereocenters. The summed E-state index contributed by atoms with van der Waals surface area (Å²) >= 11 is 3.02. The monoisotopic (exact) mass is 287 g/mol. The van der Waals surface area contributed by atoms with Crippen LogP contribution in [0.1, 0.15) is 5.56 Å². The van der Waals surface area contributed by atoms with E-state index < -0.39 is 17.9 Å². The molecule has 1 rings (SSSR count). The molecule has 0 amide bonds. The van der Waals surface area contributed by atoms with Gasteiger partial charge in [0, 0.05) is 5.33 Å². The van der Waals surface area contributed by atoms with Gasteiger partial charge in [-0.05, 0) is 11.6 Å². The van der Waals surface area contributed by atoms with Crippen molar-refractivity contribution in [3.8, 4) is 5.75 Å². The van der Waals surface area contributed by atoms with Gasteiger partial charge < -0.3 is 10.5 Å². The molecule has 1 aromatic rings. The van der Waals surface area contributed by atoms with E-state index in [1.54, 1.807) is 0 Å². The van der Waals surface area contributed by atoms with Crippen LogP contribution >= 0.6 is 15.9 Å². The van der Waals surface area contributed by atoms with Crippen LogP contribution in [0.3, 0.4) is 0 Å². The molecule has 0 spiro atoms. The van der Waals surface area contributed by atoms with Crippen LogP contribution in [-0.4, -0.2) is 6.36 Å². The lowest BCUT2D eigenvalue weighted by Gasteiger charge is -2.12. The smallest absolute Gasteiger partial charge is 0.403 e. The molecule has 0 radical (unpaired) electrons. The summed E-state index contributed by atoms with van der Waals surface area (Å²) in [5, 5.41) is 0.252. The molecule has 0 aliphatic heterocycles. The number of hydrogen-bond acceptors (Lipinski definition) is 2. The van der Waals surface area contributed by atoms with Gasteiger partial charge in [-0.3, -0.25) is 0 Å². The molecule has 0 saturated heterocycles. The molecule has 0 bridgehead atoms. The highest BCUT2D eigenvalue weighted by Crippen LogP contribution is 2.31. The highest BCUT2D eigenvalue weighted by Gasteiger charge is 2.32. The summed E-state index contributed by atoms with van der Waals surface area (Å²) in [5.41, 5.74) is 5.27. The van der Waals surface area contributed by atoms with Crippen LogP contribution in [0, 0.1) is 5.82 Å². The SMILES string of the molecule is Nc1c(CBr)ccc(OC(F)(F)F)c1F. The number of alkyl halides is 4. The Hall–Kier alpha value is -0.980. The van der Waals surface area contributed by atoms with E-state index in [1.165, 1.54) is 6.07 Å². The van der Waals surface area contributed by atoms with Gasteiger partial charge in [-0.25, -0.2) is 4.39 Å². The van der Waals surface area contributed by atoms with Gasteiger partial charge in [0.1, 0.15) is 0 Å². The predicted molar refractivity (Wildman–Crippen MR) is 50.1 cm³/mol. The van der Waals surface area contributed by atoms with Gasteiger partial charge >= 0.3 is 6.36 Å². The van der Waals surface area contributed by atoms with Crippen molar-refractivity contribution in [2.24, 2.45) is 0 Å². The molecule has 1 aromatic carbocycles. The number of benzene rings is 1. The first-order chi connectivity index (χ1) is 6.85. The van der Waals surface area contributed by atoms with E-state index in [4.69, 9.17) is 5.73 Å². The third-order valence-corrected chi connectivity index (χ3v) is 2.21. The Morgan fingerprint density at radius 2 is 1.93 bits per heavy atom. The topological polar surface area (TPSA) is 35.2 Å². The van der Waals surface area contributed by atoms with Crippen LogP contribution in [0.4, 0.5) is 23.2 Å². The fourth-order valence-electron chi connectivity index (χ4n) is 0.933. The molecule has 0 aliphatic carbocycles. The average molecular weight is 288 g/mol. The summed E-state index contributed by atoms with van der Waals surface area (Å²) in [5.74, 6) is -2.13. The first kappa shape index (κ1) is 12.1. The molecular formula is C8H6BrF4NO. The van der Waals surface area contributed by atoms with Crippen molar-refractivity contribution in [2.45, 2.75) is 11.7 Å². The van der Waals surface area contributed by atoms with Gasteiger partial charge in [0.15, 0.2) is 11.6 Å². The summed E-state index contributed by atoms with van der Waals surface area (Å²) in [7, 11) is 0. The average Bonchev–Trinajstić information content (AvgIpc) is 2.11. The van der Waals surface area contributed by atoms with E-state index in [9.17, 15) is 17.6 Å². The summed E-state index contributed by atoms with van der Waals surface area (Å²) in [6.45, 7) is 0. The van der Waals surface area contributed by atoms with Crippen LogP contribution in [0.2, 0.25) is 0 Å². The molecule has 2 nitrogen and oxygen atoms in total. The van der Waals surface area contributed by atoms with Crippen LogP contribution in [0.15, 0.2) is 12.1 Å². The number of nitrogens with two attached hydrogens (primary N) is 1. The summed E-state index contributed by atoms with van der Waals surface area (Å²) in [4.78, 5) is 0. The van der Waals surface area contributed by atoms with E-state index in [0.29, 0.717) is 5.56 Å². The van der Waals surface area contributed by atoms with Crippen molar-refractivity contribution in [3.05, 3.63) is 23.5 Å². The lowest BCUT2D eigenvalue weighted by molar-refractivity contribution is -0.275. The van der Waals surface area contributed by atoms with Crippen molar-refractivity contribution < 1.29 is 22.3 Å². The first-order valence-corrected chi connectivity index (χ1v) is 4.86. The van der Waals surface area contributed by atoms with Gasteiger partial charge in [-0.15, -0.1) is 13.2 Å². The number of halogens is 5. The van der Waals surface area contributed by atoms with Crippen LogP contribution in [0.5, 0.6) is 5.75 Å². The number of ether oxygens (including phenoxy) is 1. The van der Waals surface area contributed by atoms with Crippen LogP contribution in [-0.2, 0) is 5.33 Å². The molecular weight excluding hydrogens is 282 g/mol. The van der Waals surface area contributed by atoms with Gasteiger partial charge in [0.05, 0.1) is 5.69 Å². The molecule has 0 saturated carbocycles. The molecule has 15 heavy (non-hydrogen) atoms. The standard InChI is InChI=1S/C8H6BrF4NO/c9-3-4-1-2-5(6(10)7(4)14)15-8(11,12)13/h1-2H,3,14H2. The Kier molecular flexibility index (Phi) is 3.43. The minimum absolute atomic E-state index is 0.252. The molecule has 0 atom stereocenters. The molecule has 2 N–H and O–H groups in total. The summed E-state index contributed by atoms with van der Waals surface area (Å²) in [6, 6.07) is 2.14. The number of nitrogen functional groups attached to an aromatic ring is 1. The third-order valence-electron chi connectivity index (χ3n) is 1.60. The van der Waals surface area contributed by atoms with E-state index >= 15 is 0 Å². The maximum Gasteiger partial charge on any atom is 0.573 e. The van der Waals surface area contributed by atoms with Crippen molar-refractivity contribution in [2.75, 3.05) is 5.73 Å². The molecule has 0 aromatic heterocycles. The minimum atomic E-state index is -4.93. The Morgan fingerprint density at radius 3 is 2.40 bits per heavy atom. The maximum atomic E-state index is 13.2. The minimum Gasteiger partial charge on any atom is -0.403 e. The lowest BCUT2D eigenvalue weighted by atomic mass is 10.2. The molecule has 0 fully saturated rings. The summed E-state index contributed by atoms with van der Waals surface area (Å²) in [6.07, 6.45) is -4.93. The number of anilines is 1. The Labute approximate surface area is 91.1 Å². The van der Waals surface area contributed by atoms with Crippen molar-refractivity contribution in [3.63, 3.8) is 0 Å². The normalized spacial score (nSPS) is 11.5. The zero-order valence-electron chi connectivity index (χ0n) is 7.24. The Bertz CT molecular complexity index is 366. The van der Waals surface area contributed by atoms with E-state index in [2.05, 4.69) is 20.7 Å².